The summed E-state index contributed by atoms with van der Waals surface area (Å²) >= 11 is 0. The first-order valence-electron chi connectivity index (χ1n) is 6.99. The fraction of sp³-hybridized carbons (Fsp3) is 0.533. The van der Waals surface area contributed by atoms with Gasteiger partial charge in [0.05, 0.1) is 12.8 Å². The number of sulfonamides is 1. The summed E-state index contributed by atoms with van der Waals surface area (Å²) in [7, 11) is -3.41. The molecule has 1 rings (SSSR count). The lowest BCUT2D eigenvalue weighted by atomic mass is 10.1. The molecule has 0 fully saturated rings. The number of nitrogens with one attached hydrogen (secondary N) is 1. The lowest BCUT2D eigenvalue weighted by Gasteiger charge is -2.25. The number of anilines is 1. The van der Waals surface area contributed by atoms with Crippen molar-refractivity contribution < 1.29 is 13.2 Å². The van der Waals surface area contributed by atoms with Crippen molar-refractivity contribution in [3.8, 4) is 0 Å². The third-order valence-corrected chi connectivity index (χ3v) is 4.94. The summed E-state index contributed by atoms with van der Waals surface area (Å²) in [5.74, 6) is -0.330. The number of carbonyl (C=O) groups excluding carboxylic acids is 1. The van der Waals surface area contributed by atoms with Gasteiger partial charge < -0.3 is 5.32 Å². The highest BCUT2D eigenvalue weighted by Crippen LogP contribution is 2.15. The molecule has 0 aliphatic heterocycles. The second-order valence-corrected chi connectivity index (χ2v) is 7.35. The van der Waals surface area contributed by atoms with E-state index in [1.807, 2.05) is 39.0 Å². The van der Waals surface area contributed by atoms with Crippen LogP contribution >= 0.6 is 0 Å². The largest absolute Gasteiger partial charge is 0.325 e. The molecular formula is C15H24N2O3S. The second kappa shape index (κ2) is 7.04. The van der Waals surface area contributed by atoms with Gasteiger partial charge in [0.25, 0.3) is 0 Å². The van der Waals surface area contributed by atoms with E-state index in [1.165, 1.54) is 4.31 Å². The molecule has 1 N–H and O–H groups in total. The fourth-order valence-electron chi connectivity index (χ4n) is 1.96. The number of rotatable bonds is 6. The Bertz CT molecular complexity index is 611. The lowest BCUT2D eigenvalue weighted by Crippen LogP contribution is -2.42. The van der Waals surface area contributed by atoms with E-state index in [0.29, 0.717) is 12.1 Å². The Morgan fingerprint density at radius 1 is 1.29 bits per heavy atom. The minimum Gasteiger partial charge on any atom is -0.325 e. The third kappa shape index (κ3) is 5.13. The van der Waals surface area contributed by atoms with Crippen LogP contribution in [0.3, 0.4) is 0 Å². The molecule has 0 aromatic heterocycles. The van der Waals surface area contributed by atoms with E-state index in [2.05, 4.69) is 5.32 Å². The van der Waals surface area contributed by atoms with Crippen LogP contribution in [0.2, 0.25) is 0 Å². The van der Waals surface area contributed by atoms with Gasteiger partial charge in [0.1, 0.15) is 0 Å². The molecule has 6 heteroatoms. The van der Waals surface area contributed by atoms with Gasteiger partial charge >= 0.3 is 0 Å². The Hall–Kier alpha value is -1.40. The van der Waals surface area contributed by atoms with Gasteiger partial charge in [0.15, 0.2) is 0 Å². The summed E-state index contributed by atoms with van der Waals surface area (Å²) in [5, 5.41) is 2.75. The quantitative estimate of drug-likeness (QED) is 0.876. The molecule has 1 unspecified atom stereocenters. The minimum absolute atomic E-state index is 0.166. The van der Waals surface area contributed by atoms with Crippen molar-refractivity contribution in [1.29, 1.82) is 0 Å². The predicted octanol–water partition coefficient (Wildman–Crippen LogP) is 2.30. The lowest BCUT2D eigenvalue weighted by molar-refractivity contribution is -0.116. The highest BCUT2D eigenvalue weighted by atomic mass is 32.2. The van der Waals surface area contributed by atoms with Gasteiger partial charge in [-0.2, -0.15) is 4.31 Å². The fourth-order valence-corrected chi connectivity index (χ4v) is 3.12. The van der Waals surface area contributed by atoms with Gasteiger partial charge in [-0.1, -0.05) is 13.0 Å². The average molecular weight is 312 g/mol. The number of amides is 1. The maximum Gasteiger partial charge on any atom is 0.239 e. The Balaban J connectivity index is 2.81. The van der Waals surface area contributed by atoms with Crippen molar-refractivity contribution >= 4 is 21.6 Å². The molecule has 0 aliphatic carbocycles. The monoisotopic (exact) mass is 312 g/mol. The Kier molecular flexibility index (Phi) is 5.92. The molecule has 0 heterocycles. The highest BCUT2D eigenvalue weighted by molar-refractivity contribution is 7.88. The molecule has 0 saturated heterocycles. The molecule has 5 nitrogen and oxygen atoms in total. The van der Waals surface area contributed by atoms with Crippen molar-refractivity contribution in [3.05, 3.63) is 29.3 Å². The van der Waals surface area contributed by atoms with E-state index in [1.54, 1.807) is 6.92 Å². The minimum atomic E-state index is -3.41. The zero-order chi connectivity index (χ0) is 16.2. The molecule has 0 aliphatic rings. The zero-order valence-corrected chi connectivity index (χ0v) is 14.1. The Morgan fingerprint density at radius 3 is 2.38 bits per heavy atom. The average Bonchev–Trinajstić information content (AvgIpc) is 2.38. The number of benzene rings is 1. The van der Waals surface area contributed by atoms with E-state index in [4.69, 9.17) is 0 Å². The van der Waals surface area contributed by atoms with Crippen molar-refractivity contribution in [2.24, 2.45) is 0 Å². The van der Waals surface area contributed by atoms with Gasteiger partial charge in [-0.15, -0.1) is 0 Å². The van der Waals surface area contributed by atoms with Crippen molar-refractivity contribution in [1.82, 2.24) is 4.31 Å². The van der Waals surface area contributed by atoms with Crippen molar-refractivity contribution in [2.45, 2.75) is 40.2 Å². The van der Waals surface area contributed by atoms with Crippen molar-refractivity contribution in [3.63, 3.8) is 0 Å². The van der Waals surface area contributed by atoms with Crippen LogP contribution < -0.4 is 5.32 Å². The van der Waals surface area contributed by atoms with E-state index in [9.17, 15) is 13.2 Å². The number of nitrogens with zero attached hydrogens (tertiary/aromatic N) is 1. The maximum absolute atomic E-state index is 12.1. The first-order valence-corrected chi connectivity index (χ1v) is 8.84. The highest BCUT2D eigenvalue weighted by Gasteiger charge is 2.24. The first kappa shape index (κ1) is 17.7. The molecule has 1 aromatic carbocycles. The molecule has 0 spiro atoms. The normalized spacial score (nSPS) is 13.2. The van der Waals surface area contributed by atoms with Crippen LogP contribution in [0.5, 0.6) is 0 Å². The van der Waals surface area contributed by atoms with Crippen LogP contribution in [0.15, 0.2) is 18.2 Å². The van der Waals surface area contributed by atoms with Gasteiger partial charge in [0, 0.05) is 11.7 Å². The van der Waals surface area contributed by atoms with Crippen LogP contribution in [0.1, 0.15) is 31.4 Å². The molecule has 0 radical (unpaired) electrons. The molecule has 1 atom stereocenters. The topological polar surface area (TPSA) is 66.5 Å². The number of hydrogen-bond acceptors (Lipinski definition) is 3. The first-order chi connectivity index (χ1) is 9.65. The summed E-state index contributed by atoms with van der Waals surface area (Å²) < 4.78 is 24.8. The SMILES string of the molecule is CCC(C)N(CC(=O)Nc1ccc(C)c(C)c1)S(C)(=O)=O. The number of carbonyl (C=O) groups is 1. The van der Waals surface area contributed by atoms with E-state index < -0.39 is 10.0 Å². The molecular weight excluding hydrogens is 288 g/mol. The van der Waals surface area contributed by atoms with Crippen molar-refractivity contribution in [2.75, 3.05) is 18.1 Å². The van der Waals surface area contributed by atoms with E-state index in [-0.39, 0.29) is 18.5 Å². The van der Waals surface area contributed by atoms with E-state index in [0.717, 1.165) is 17.4 Å². The van der Waals surface area contributed by atoms with Gasteiger partial charge in [-0.25, -0.2) is 8.42 Å². The molecule has 21 heavy (non-hydrogen) atoms. The Labute approximate surface area is 127 Å². The van der Waals surface area contributed by atoms with Crippen LogP contribution in [0, 0.1) is 13.8 Å². The number of aryl methyl sites for hydroxylation is 2. The summed E-state index contributed by atoms with van der Waals surface area (Å²) in [6.07, 6.45) is 1.78. The summed E-state index contributed by atoms with van der Waals surface area (Å²) in [5.41, 5.74) is 2.90. The molecule has 0 bridgehead atoms. The Morgan fingerprint density at radius 2 is 1.90 bits per heavy atom. The van der Waals surface area contributed by atoms with E-state index >= 15 is 0 Å². The molecule has 0 saturated carbocycles. The van der Waals surface area contributed by atoms with Crippen LogP contribution in [0.4, 0.5) is 5.69 Å². The number of hydrogen-bond donors (Lipinski definition) is 1. The van der Waals surface area contributed by atoms with Gasteiger partial charge in [0.2, 0.25) is 15.9 Å². The summed E-state index contributed by atoms with van der Waals surface area (Å²) in [6.45, 7) is 7.48. The third-order valence-electron chi connectivity index (χ3n) is 3.60. The van der Waals surface area contributed by atoms with Gasteiger partial charge in [-0.3, -0.25) is 4.79 Å². The van der Waals surface area contributed by atoms with Gasteiger partial charge in [-0.05, 0) is 50.5 Å². The predicted molar refractivity (Wildman–Crippen MR) is 85.8 cm³/mol. The van der Waals surface area contributed by atoms with Crippen LogP contribution in [-0.4, -0.2) is 37.5 Å². The molecule has 118 valence electrons. The smallest absolute Gasteiger partial charge is 0.239 e. The second-order valence-electron chi connectivity index (χ2n) is 5.41. The summed E-state index contributed by atoms with van der Waals surface area (Å²) in [4.78, 5) is 12.1. The summed E-state index contributed by atoms with van der Waals surface area (Å²) in [6, 6.07) is 5.41. The van der Waals surface area contributed by atoms with Crippen LogP contribution in [-0.2, 0) is 14.8 Å². The van der Waals surface area contributed by atoms with Crippen LogP contribution in [0.25, 0.3) is 0 Å². The molecule has 1 amide bonds. The maximum atomic E-state index is 12.1. The standard InChI is InChI=1S/C15H24N2O3S/c1-6-13(4)17(21(5,19)20)10-15(18)16-14-8-7-11(2)12(3)9-14/h7-9,13H,6,10H2,1-5H3,(H,16,18). The molecule has 1 aromatic rings. The zero-order valence-electron chi connectivity index (χ0n) is 13.3.